The van der Waals surface area contributed by atoms with Crippen LogP contribution < -0.4 is 9.47 Å². The van der Waals surface area contributed by atoms with E-state index in [0.29, 0.717) is 23.8 Å². The van der Waals surface area contributed by atoms with Gasteiger partial charge in [0.05, 0.1) is 18.4 Å². The summed E-state index contributed by atoms with van der Waals surface area (Å²) in [4.78, 5) is 0. The lowest BCUT2D eigenvalue weighted by atomic mass is 10.2. The Balaban J connectivity index is 1.93. The minimum atomic E-state index is 0.395. The third-order valence-electron chi connectivity index (χ3n) is 3.63. The van der Waals surface area contributed by atoms with E-state index in [4.69, 9.17) is 21.7 Å². The molecular weight excluding hydrogens is 360 g/mol. The number of benzene rings is 2. The molecule has 0 fully saturated rings. The largest absolute Gasteiger partial charge is 0.493 e. The molecule has 7 heteroatoms. The summed E-state index contributed by atoms with van der Waals surface area (Å²) in [5, 5.41) is 11.6. The first-order chi connectivity index (χ1) is 13.2. The van der Waals surface area contributed by atoms with Gasteiger partial charge in [-0.2, -0.15) is 14.9 Å². The molecule has 0 spiro atoms. The monoisotopic (exact) mass is 380 g/mol. The molecule has 0 bridgehead atoms. The molecule has 3 rings (SSSR count). The number of rotatable bonds is 8. The van der Waals surface area contributed by atoms with Crippen molar-refractivity contribution in [1.82, 2.24) is 14.9 Å². The molecule has 0 amide bonds. The molecular formula is C20H20N4O2S. The summed E-state index contributed by atoms with van der Waals surface area (Å²) < 4.78 is 13.2. The Morgan fingerprint density at radius 1 is 1.22 bits per heavy atom. The zero-order valence-electron chi connectivity index (χ0n) is 15.0. The van der Waals surface area contributed by atoms with E-state index in [1.54, 1.807) is 17.0 Å². The molecule has 27 heavy (non-hydrogen) atoms. The van der Waals surface area contributed by atoms with E-state index < -0.39 is 0 Å². The van der Waals surface area contributed by atoms with Crippen molar-refractivity contribution in [2.24, 2.45) is 5.10 Å². The van der Waals surface area contributed by atoms with Crippen LogP contribution in [0.25, 0.3) is 11.4 Å². The maximum Gasteiger partial charge on any atom is 0.216 e. The molecule has 0 aliphatic carbocycles. The number of para-hydroxylation sites is 1. The van der Waals surface area contributed by atoms with Gasteiger partial charge in [-0.3, -0.25) is 0 Å². The molecule has 0 aliphatic heterocycles. The summed E-state index contributed by atoms with van der Waals surface area (Å²) in [7, 11) is 0. The number of aromatic amines is 1. The fourth-order valence-electron chi connectivity index (χ4n) is 2.47. The number of ether oxygens (including phenoxy) is 2. The first-order valence-electron chi connectivity index (χ1n) is 8.50. The van der Waals surface area contributed by atoms with Gasteiger partial charge in [0.1, 0.15) is 18.1 Å². The Kier molecular flexibility index (Phi) is 6.17. The summed E-state index contributed by atoms with van der Waals surface area (Å²) in [5.41, 5.74) is 1.69. The van der Waals surface area contributed by atoms with Crippen LogP contribution in [0.3, 0.4) is 0 Å². The number of nitrogens with one attached hydrogen (secondary N) is 1. The van der Waals surface area contributed by atoms with Crippen molar-refractivity contribution in [3.05, 3.63) is 71.5 Å². The topological polar surface area (TPSA) is 64.4 Å². The molecule has 3 aromatic rings. The Hall–Kier alpha value is -3.19. The highest BCUT2D eigenvalue weighted by molar-refractivity contribution is 7.71. The summed E-state index contributed by atoms with van der Waals surface area (Å²) in [6.45, 7) is 6.60. The molecule has 0 saturated heterocycles. The van der Waals surface area contributed by atoms with Gasteiger partial charge in [-0.25, -0.2) is 5.10 Å². The standard InChI is InChI=1S/C20H20N4O2S/c1-3-12-26-16-9-7-8-15(13-16)14-21-24-19(22-23-20(24)27)17-10-5-6-11-18(17)25-4-2/h3,5-11,13-14H,1,4,12H2,2H3,(H,23,27)/b21-14-. The molecule has 1 N–H and O–H groups in total. The molecule has 1 aromatic heterocycles. The second-order valence-electron chi connectivity index (χ2n) is 5.51. The summed E-state index contributed by atoms with van der Waals surface area (Å²) in [5.74, 6) is 2.06. The van der Waals surface area contributed by atoms with Crippen LogP contribution in [0.15, 0.2) is 66.3 Å². The molecule has 2 aromatic carbocycles. The summed E-state index contributed by atoms with van der Waals surface area (Å²) in [6, 6.07) is 15.3. The maximum atomic E-state index is 5.69. The minimum Gasteiger partial charge on any atom is -0.493 e. The van der Waals surface area contributed by atoms with Gasteiger partial charge in [-0.1, -0.05) is 36.9 Å². The number of nitrogens with zero attached hydrogens (tertiary/aromatic N) is 3. The number of aromatic nitrogens is 3. The van der Waals surface area contributed by atoms with Crippen LogP contribution in [-0.2, 0) is 0 Å². The van der Waals surface area contributed by atoms with Crippen LogP contribution in [0.5, 0.6) is 11.5 Å². The van der Waals surface area contributed by atoms with Crippen molar-refractivity contribution in [2.45, 2.75) is 6.92 Å². The van der Waals surface area contributed by atoms with E-state index in [-0.39, 0.29) is 0 Å². The first-order valence-corrected chi connectivity index (χ1v) is 8.91. The van der Waals surface area contributed by atoms with Crippen LogP contribution in [0.2, 0.25) is 0 Å². The van der Waals surface area contributed by atoms with E-state index in [1.165, 1.54) is 0 Å². The van der Waals surface area contributed by atoms with Crippen LogP contribution >= 0.6 is 12.2 Å². The van der Waals surface area contributed by atoms with Crippen LogP contribution in [0.1, 0.15) is 12.5 Å². The zero-order valence-corrected chi connectivity index (χ0v) is 15.8. The van der Waals surface area contributed by atoms with Gasteiger partial charge in [0.15, 0.2) is 5.82 Å². The number of H-pyrrole nitrogens is 1. The van der Waals surface area contributed by atoms with Gasteiger partial charge in [-0.15, -0.1) is 0 Å². The smallest absolute Gasteiger partial charge is 0.216 e. The van der Waals surface area contributed by atoms with Crippen molar-refractivity contribution < 1.29 is 9.47 Å². The molecule has 1 heterocycles. The van der Waals surface area contributed by atoms with Crippen LogP contribution in [0.4, 0.5) is 0 Å². The molecule has 0 atom stereocenters. The lowest BCUT2D eigenvalue weighted by Crippen LogP contribution is -1.99. The molecule has 0 radical (unpaired) electrons. The van der Waals surface area contributed by atoms with E-state index in [2.05, 4.69) is 21.9 Å². The average molecular weight is 380 g/mol. The maximum absolute atomic E-state index is 5.69. The number of hydrogen-bond donors (Lipinski definition) is 1. The third kappa shape index (κ3) is 4.51. The van der Waals surface area contributed by atoms with E-state index in [9.17, 15) is 0 Å². The van der Waals surface area contributed by atoms with Crippen molar-refractivity contribution in [3.63, 3.8) is 0 Å². The molecule has 0 saturated carbocycles. The van der Waals surface area contributed by atoms with E-state index in [0.717, 1.165) is 22.6 Å². The highest BCUT2D eigenvalue weighted by atomic mass is 32.1. The van der Waals surface area contributed by atoms with Crippen molar-refractivity contribution in [3.8, 4) is 22.9 Å². The molecule has 0 aliphatic rings. The molecule has 138 valence electrons. The highest BCUT2D eigenvalue weighted by Gasteiger charge is 2.13. The van der Waals surface area contributed by atoms with Crippen molar-refractivity contribution in [2.75, 3.05) is 13.2 Å². The lowest BCUT2D eigenvalue weighted by molar-refractivity contribution is 0.341. The van der Waals surface area contributed by atoms with Gasteiger partial charge in [0.2, 0.25) is 4.77 Å². The second-order valence-corrected chi connectivity index (χ2v) is 5.90. The SMILES string of the molecule is C=CCOc1cccc(/C=N\n2c(-c3ccccc3OCC)n[nH]c2=S)c1. The summed E-state index contributed by atoms with van der Waals surface area (Å²) >= 11 is 5.33. The Morgan fingerprint density at radius 2 is 2.07 bits per heavy atom. The first kappa shape index (κ1) is 18.6. The van der Waals surface area contributed by atoms with Crippen LogP contribution in [0, 0.1) is 4.77 Å². The fraction of sp³-hybridized carbons (Fsp3) is 0.150. The predicted octanol–water partition coefficient (Wildman–Crippen LogP) is 4.45. The highest BCUT2D eigenvalue weighted by Crippen LogP contribution is 2.28. The van der Waals surface area contributed by atoms with Gasteiger partial charge < -0.3 is 9.47 Å². The number of hydrogen-bond acceptors (Lipinski definition) is 5. The minimum absolute atomic E-state index is 0.395. The van der Waals surface area contributed by atoms with Crippen molar-refractivity contribution in [1.29, 1.82) is 0 Å². The fourth-order valence-corrected chi connectivity index (χ4v) is 2.65. The van der Waals surface area contributed by atoms with Gasteiger partial charge >= 0.3 is 0 Å². The molecule has 0 unspecified atom stereocenters. The van der Waals surface area contributed by atoms with E-state index >= 15 is 0 Å². The Labute approximate surface area is 162 Å². The van der Waals surface area contributed by atoms with Gasteiger partial charge in [-0.05, 0) is 49.0 Å². The Bertz CT molecular complexity index is 1010. The molecule has 6 nitrogen and oxygen atoms in total. The lowest BCUT2D eigenvalue weighted by Gasteiger charge is -2.08. The van der Waals surface area contributed by atoms with Crippen molar-refractivity contribution >= 4 is 18.4 Å². The third-order valence-corrected chi connectivity index (χ3v) is 3.89. The predicted molar refractivity (Wildman–Crippen MR) is 109 cm³/mol. The second kappa shape index (κ2) is 8.95. The average Bonchev–Trinajstić information content (AvgIpc) is 3.06. The van der Waals surface area contributed by atoms with Gasteiger partial charge in [0, 0.05) is 0 Å². The zero-order chi connectivity index (χ0) is 19.1. The van der Waals surface area contributed by atoms with Crippen LogP contribution in [-0.4, -0.2) is 34.3 Å². The Morgan fingerprint density at radius 3 is 2.89 bits per heavy atom. The van der Waals surface area contributed by atoms with E-state index in [1.807, 2.05) is 55.5 Å². The normalized spacial score (nSPS) is 10.9. The van der Waals surface area contributed by atoms with Gasteiger partial charge in [0.25, 0.3) is 0 Å². The quantitative estimate of drug-likeness (QED) is 0.356. The summed E-state index contributed by atoms with van der Waals surface area (Å²) in [6.07, 6.45) is 3.41.